The molecule has 0 N–H and O–H groups in total. The second-order valence-corrected chi connectivity index (χ2v) is 7.54. The van der Waals surface area contributed by atoms with Gasteiger partial charge in [0.1, 0.15) is 5.78 Å². The zero-order chi connectivity index (χ0) is 18.4. The third-order valence-corrected chi connectivity index (χ3v) is 5.35. The van der Waals surface area contributed by atoms with Crippen LogP contribution in [-0.4, -0.2) is 5.78 Å². The minimum atomic E-state index is 0.0825. The minimum Gasteiger partial charge on any atom is -0.299 e. The summed E-state index contributed by atoms with van der Waals surface area (Å²) in [5.41, 5.74) is 6.61. The highest BCUT2D eigenvalue weighted by atomic mass is 16.1. The van der Waals surface area contributed by atoms with E-state index in [0.29, 0.717) is 5.78 Å². The average Bonchev–Trinajstić information content (AvgIpc) is 2.62. The molecule has 0 saturated carbocycles. The van der Waals surface area contributed by atoms with Crippen LogP contribution in [0.5, 0.6) is 0 Å². The van der Waals surface area contributed by atoms with Crippen LogP contribution in [0.25, 0.3) is 0 Å². The first kappa shape index (κ1) is 19.4. The summed E-state index contributed by atoms with van der Waals surface area (Å²) in [4.78, 5) is 12.7. The van der Waals surface area contributed by atoms with Gasteiger partial charge in [0, 0.05) is 11.8 Å². The van der Waals surface area contributed by atoms with E-state index in [-0.39, 0.29) is 11.8 Å². The maximum absolute atomic E-state index is 12.7. The molecule has 0 radical (unpaired) electrons. The summed E-state index contributed by atoms with van der Waals surface area (Å²) in [6.45, 7) is 10.6. The van der Waals surface area contributed by atoms with Crippen LogP contribution in [0.15, 0.2) is 42.5 Å². The quantitative estimate of drug-likeness (QED) is 0.588. The molecule has 2 aromatic carbocycles. The van der Waals surface area contributed by atoms with Crippen LogP contribution in [0, 0.1) is 25.7 Å². The number of hydrogen-bond acceptors (Lipinski definition) is 1. The van der Waals surface area contributed by atoms with Gasteiger partial charge in [-0.05, 0) is 67.3 Å². The number of benzene rings is 2. The van der Waals surface area contributed by atoms with Crippen molar-refractivity contribution >= 4 is 5.78 Å². The highest BCUT2D eigenvalue weighted by molar-refractivity contribution is 5.83. The number of ketones is 1. The van der Waals surface area contributed by atoms with E-state index < -0.39 is 0 Å². The predicted molar refractivity (Wildman–Crippen MR) is 107 cm³/mol. The van der Waals surface area contributed by atoms with Crippen molar-refractivity contribution in [1.82, 2.24) is 0 Å². The van der Waals surface area contributed by atoms with Crippen molar-refractivity contribution in [2.24, 2.45) is 11.8 Å². The topological polar surface area (TPSA) is 17.1 Å². The van der Waals surface area contributed by atoms with Crippen molar-refractivity contribution in [3.8, 4) is 0 Å². The first-order chi connectivity index (χ1) is 11.9. The summed E-state index contributed by atoms with van der Waals surface area (Å²) in [6, 6.07) is 15.3. The first-order valence-electron chi connectivity index (χ1n) is 9.58. The smallest absolute Gasteiger partial charge is 0.138 e. The van der Waals surface area contributed by atoms with Crippen molar-refractivity contribution in [3.05, 3.63) is 70.3 Å². The Bertz CT molecular complexity index is 714. The predicted octanol–water partition coefficient (Wildman–Crippen LogP) is 5.88. The molecular formula is C24H32O. The maximum Gasteiger partial charge on any atom is 0.138 e. The Hall–Kier alpha value is -1.89. The van der Waals surface area contributed by atoms with E-state index >= 15 is 0 Å². The molecule has 2 rings (SSSR count). The molecule has 0 bridgehead atoms. The molecule has 1 heteroatoms. The van der Waals surface area contributed by atoms with Crippen molar-refractivity contribution in [2.45, 2.75) is 60.3 Å². The molecular weight excluding hydrogens is 304 g/mol. The zero-order valence-electron chi connectivity index (χ0n) is 16.4. The average molecular weight is 337 g/mol. The molecule has 0 aliphatic rings. The second kappa shape index (κ2) is 8.99. The van der Waals surface area contributed by atoms with Crippen molar-refractivity contribution in [2.75, 3.05) is 0 Å². The van der Waals surface area contributed by atoms with E-state index in [1.165, 1.54) is 27.8 Å². The van der Waals surface area contributed by atoms with Gasteiger partial charge in [-0.25, -0.2) is 0 Å². The highest BCUT2D eigenvalue weighted by Crippen LogP contribution is 2.20. The van der Waals surface area contributed by atoms with Crippen LogP contribution in [0.1, 0.15) is 55.0 Å². The van der Waals surface area contributed by atoms with Gasteiger partial charge in [-0.3, -0.25) is 4.79 Å². The summed E-state index contributed by atoms with van der Waals surface area (Å²) in [6.07, 6.45) is 3.82. The summed E-state index contributed by atoms with van der Waals surface area (Å²) in [7, 11) is 0. The third kappa shape index (κ3) is 5.56. The fourth-order valence-electron chi connectivity index (χ4n) is 3.40. The molecule has 0 unspecified atom stereocenters. The highest BCUT2D eigenvalue weighted by Gasteiger charge is 2.20. The van der Waals surface area contributed by atoms with Crippen LogP contribution in [-0.2, 0) is 24.1 Å². The first-order valence-corrected chi connectivity index (χ1v) is 9.58. The van der Waals surface area contributed by atoms with Gasteiger partial charge in [-0.1, -0.05) is 63.2 Å². The van der Waals surface area contributed by atoms with Crippen molar-refractivity contribution in [1.29, 1.82) is 0 Å². The maximum atomic E-state index is 12.7. The largest absolute Gasteiger partial charge is 0.299 e. The van der Waals surface area contributed by atoms with E-state index in [9.17, 15) is 4.79 Å². The zero-order valence-corrected chi connectivity index (χ0v) is 16.4. The van der Waals surface area contributed by atoms with Crippen LogP contribution in [0.4, 0.5) is 0 Å². The molecule has 0 amide bonds. The Morgan fingerprint density at radius 1 is 0.880 bits per heavy atom. The van der Waals surface area contributed by atoms with Gasteiger partial charge in [0.2, 0.25) is 0 Å². The van der Waals surface area contributed by atoms with Gasteiger partial charge < -0.3 is 0 Å². The van der Waals surface area contributed by atoms with Gasteiger partial charge in [0.05, 0.1) is 0 Å². The van der Waals surface area contributed by atoms with Gasteiger partial charge >= 0.3 is 0 Å². The molecule has 0 aliphatic carbocycles. The lowest BCUT2D eigenvalue weighted by molar-refractivity contribution is -0.125. The molecule has 0 heterocycles. The Labute approximate surface area is 153 Å². The van der Waals surface area contributed by atoms with E-state index in [2.05, 4.69) is 77.1 Å². The van der Waals surface area contributed by atoms with E-state index in [4.69, 9.17) is 0 Å². The Balaban J connectivity index is 1.90. The van der Waals surface area contributed by atoms with E-state index in [1.54, 1.807) is 0 Å². The lowest BCUT2D eigenvalue weighted by Gasteiger charge is -2.17. The molecule has 0 fully saturated rings. The molecule has 2 aromatic rings. The standard InChI is InChI=1S/C24H32O/c1-6-21-8-7-9-22(16-21)12-11-18(3)24(25)20(5)15-23-13-10-17(2)19(4)14-23/h7-10,13-14,16,18,20H,6,11-12,15H2,1-5H3/t18-,20+/m1/s1. The minimum absolute atomic E-state index is 0.0825. The van der Waals surface area contributed by atoms with Crippen molar-refractivity contribution in [3.63, 3.8) is 0 Å². The summed E-state index contributed by atoms with van der Waals surface area (Å²) >= 11 is 0. The normalized spacial score (nSPS) is 13.5. The summed E-state index contributed by atoms with van der Waals surface area (Å²) < 4.78 is 0. The third-order valence-electron chi connectivity index (χ3n) is 5.35. The molecule has 134 valence electrons. The molecule has 0 saturated heterocycles. The summed E-state index contributed by atoms with van der Waals surface area (Å²) in [5.74, 6) is 0.593. The molecule has 0 aromatic heterocycles. The van der Waals surface area contributed by atoms with E-state index in [0.717, 1.165) is 25.7 Å². The van der Waals surface area contributed by atoms with Crippen LogP contribution in [0.2, 0.25) is 0 Å². The lowest BCUT2D eigenvalue weighted by atomic mass is 9.86. The molecule has 25 heavy (non-hydrogen) atoms. The van der Waals surface area contributed by atoms with Gasteiger partial charge in [0.15, 0.2) is 0 Å². The van der Waals surface area contributed by atoms with Gasteiger partial charge in [0.25, 0.3) is 0 Å². The monoisotopic (exact) mass is 336 g/mol. The van der Waals surface area contributed by atoms with Gasteiger partial charge in [-0.15, -0.1) is 0 Å². The fourth-order valence-corrected chi connectivity index (χ4v) is 3.40. The molecule has 2 atom stereocenters. The lowest BCUT2D eigenvalue weighted by Crippen LogP contribution is -2.21. The fraction of sp³-hybridized carbons (Fsp3) is 0.458. The van der Waals surface area contributed by atoms with Crippen LogP contribution in [0.3, 0.4) is 0 Å². The Kier molecular flexibility index (Phi) is 6.99. The molecule has 1 nitrogen and oxygen atoms in total. The van der Waals surface area contributed by atoms with Gasteiger partial charge in [-0.2, -0.15) is 0 Å². The van der Waals surface area contributed by atoms with Crippen molar-refractivity contribution < 1.29 is 4.79 Å². The number of Topliss-reactive ketones (excluding diaryl/α,β-unsaturated/α-hetero) is 1. The number of hydrogen-bond donors (Lipinski definition) is 0. The number of carbonyl (C=O) groups is 1. The number of carbonyl (C=O) groups excluding carboxylic acids is 1. The summed E-state index contributed by atoms with van der Waals surface area (Å²) in [5, 5.41) is 0. The van der Waals surface area contributed by atoms with E-state index in [1.807, 2.05) is 0 Å². The second-order valence-electron chi connectivity index (χ2n) is 7.54. The Morgan fingerprint density at radius 2 is 1.60 bits per heavy atom. The molecule has 0 aliphatic heterocycles. The Morgan fingerprint density at radius 3 is 2.28 bits per heavy atom. The number of aryl methyl sites for hydroxylation is 4. The van der Waals surface area contributed by atoms with Crippen LogP contribution < -0.4 is 0 Å². The molecule has 0 spiro atoms. The van der Waals surface area contributed by atoms with Crippen LogP contribution >= 0.6 is 0 Å². The SMILES string of the molecule is CCc1cccc(CC[C@@H](C)C(=O)[C@@H](C)Cc2ccc(C)c(C)c2)c1. The number of rotatable bonds is 8.